The van der Waals surface area contributed by atoms with Crippen LogP contribution in [0.2, 0.25) is 0 Å². The van der Waals surface area contributed by atoms with Crippen LogP contribution in [0.15, 0.2) is 24.3 Å². The highest BCUT2D eigenvalue weighted by atomic mass is 32.2. The zero-order valence-electron chi connectivity index (χ0n) is 10.4. The molecule has 0 aliphatic heterocycles. The molecule has 4 nitrogen and oxygen atoms in total. The summed E-state index contributed by atoms with van der Waals surface area (Å²) in [6.07, 6.45) is 0.909. The van der Waals surface area contributed by atoms with Crippen LogP contribution in [0, 0.1) is 0 Å². The molecule has 0 bridgehead atoms. The predicted molar refractivity (Wildman–Crippen MR) is 64.6 cm³/mol. The third-order valence-electron chi connectivity index (χ3n) is 2.72. The third-order valence-corrected chi connectivity index (χ3v) is 3.30. The number of carbonyl (C=O) groups excluding carboxylic acids is 1. The number of alkyl halides is 2. The lowest BCUT2D eigenvalue weighted by atomic mass is 9.99. The van der Waals surface area contributed by atoms with Gasteiger partial charge in [-0.3, -0.25) is 4.21 Å². The van der Waals surface area contributed by atoms with Crippen LogP contribution in [-0.2, 0) is 15.9 Å². The van der Waals surface area contributed by atoms with Crippen molar-refractivity contribution in [2.45, 2.75) is 31.4 Å². The highest BCUT2D eigenvalue weighted by molar-refractivity contribution is 7.81. The Kier molecular flexibility index (Phi) is 5.13. The van der Waals surface area contributed by atoms with Gasteiger partial charge in [-0.25, -0.2) is 4.79 Å². The van der Waals surface area contributed by atoms with Gasteiger partial charge in [0.2, 0.25) is 0 Å². The number of rotatable bonds is 5. The van der Waals surface area contributed by atoms with Crippen LogP contribution < -0.4 is 4.74 Å². The Labute approximate surface area is 112 Å². The van der Waals surface area contributed by atoms with Crippen molar-refractivity contribution >= 4 is 17.0 Å². The van der Waals surface area contributed by atoms with E-state index in [2.05, 4.69) is 4.74 Å². The van der Waals surface area contributed by atoms with Crippen LogP contribution in [0.5, 0.6) is 5.75 Å². The summed E-state index contributed by atoms with van der Waals surface area (Å²) in [5, 5.41) is -4.55. The minimum absolute atomic E-state index is 0.123. The molecule has 1 aromatic carbocycles. The summed E-state index contributed by atoms with van der Waals surface area (Å²) in [6.45, 7) is 4.00. The molecule has 0 radical (unpaired) electrons. The van der Waals surface area contributed by atoms with Crippen molar-refractivity contribution in [2.24, 2.45) is 0 Å². The lowest BCUT2D eigenvalue weighted by Gasteiger charge is -2.17. The maximum Gasteiger partial charge on any atom is 0.404 e. The molecular formula is C12H13F2O4S-. The zero-order valence-corrected chi connectivity index (χ0v) is 11.2. The van der Waals surface area contributed by atoms with Crippen molar-refractivity contribution < 1.29 is 27.1 Å². The molecule has 7 heteroatoms. The Morgan fingerprint density at radius 2 is 1.95 bits per heavy atom. The molecule has 2 unspecified atom stereocenters. The summed E-state index contributed by atoms with van der Waals surface area (Å²) in [7, 11) is 0. The maximum absolute atomic E-state index is 12.8. The van der Waals surface area contributed by atoms with Gasteiger partial charge in [0.25, 0.3) is 0 Å². The van der Waals surface area contributed by atoms with E-state index in [1.54, 1.807) is 12.1 Å². The molecule has 0 saturated heterocycles. The molecule has 0 N–H and O–H groups in total. The van der Waals surface area contributed by atoms with Crippen molar-refractivity contribution in [3.05, 3.63) is 29.8 Å². The second kappa shape index (κ2) is 6.21. The molecule has 0 spiro atoms. The van der Waals surface area contributed by atoms with Gasteiger partial charge in [0, 0.05) is 11.1 Å². The first-order valence-corrected chi connectivity index (χ1v) is 6.66. The van der Waals surface area contributed by atoms with Gasteiger partial charge in [-0.2, -0.15) is 8.78 Å². The first-order valence-electron chi connectivity index (χ1n) is 5.58. The van der Waals surface area contributed by atoms with Gasteiger partial charge in [-0.15, -0.1) is 0 Å². The van der Waals surface area contributed by atoms with Gasteiger partial charge in [0.15, 0.2) is 0 Å². The van der Waals surface area contributed by atoms with Crippen LogP contribution in [0.3, 0.4) is 0 Å². The Morgan fingerprint density at radius 1 is 1.42 bits per heavy atom. The summed E-state index contributed by atoms with van der Waals surface area (Å²) in [4.78, 5) is 11.0. The topological polar surface area (TPSA) is 66.4 Å². The predicted octanol–water partition coefficient (Wildman–Crippen LogP) is 2.58. The number of esters is 1. The SMILES string of the molecule is CCC(C)c1ccc(OC(=O)C(F)(F)S(=O)[O-])cc1. The van der Waals surface area contributed by atoms with Gasteiger partial charge < -0.3 is 9.29 Å². The summed E-state index contributed by atoms with van der Waals surface area (Å²) >= 11 is -3.85. The number of halogens is 2. The molecule has 1 aromatic rings. The van der Waals surface area contributed by atoms with E-state index in [-0.39, 0.29) is 5.75 Å². The van der Waals surface area contributed by atoms with E-state index < -0.39 is 22.3 Å². The first-order chi connectivity index (χ1) is 8.78. The van der Waals surface area contributed by atoms with Crippen LogP contribution >= 0.6 is 0 Å². The van der Waals surface area contributed by atoms with Crippen LogP contribution in [-0.4, -0.2) is 20.0 Å². The smallest absolute Gasteiger partial charge is 0.404 e. The Bertz CT molecular complexity index is 473. The molecular weight excluding hydrogens is 278 g/mol. The summed E-state index contributed by atoms with van der Waals surface area (Å²) in [5.41, 5.74) is 0.974. The van der Waals surface area contributed by atoms with Crippen molar-refractivity contribution in [3.8, 4) is 5.75 Å². The fraction of sp³-hybridized carbons (Fsp3) is 0.417. The molecule has 0 fully saturated rings. The fourth-order valence-corrected chi connectivity index (χ4v) is 1.51. The van der Waals surface area contributed by atoms with Gasteiger partial charge in [-0.1, -0.05) is 26.0 Å². The number of benzene rings is 1. The van der Waals surface area contributed by atoms with Crippen molar-refractivity contribution in [1.29, 1.82) is 0 Å². The largest absolute Gasteiger partial charge is 0.767 e. The molecule has 0 aromatic heterocycles. The van der Waals surface area contributed by atoms with Gasteiger partial charge >= 0.3 is 11.2 Å². The van der Waals surface area contributed by atoms with Crippen LogP contribution in [0.1, 0.15) is 31.7 Å². The number of carbonyl (C=O) groups is 1. The monoisotopic (exact) mass is 291 g/mol. The average Bonchev–Trinajstić information content (AvgIpc) is 2.38. The summed E-state index contributed by atoms with van der Waals surface area (Å²) in [6, 6.07) is 5.98. The molecule has 2 atom stereocenters. The van der Waals surface area contributed by atoms with E-state index in [1.165, 1.54) is 12.1 Å². The maximum atomic E-state index is 12.8. The lowest BCUT2D eigenvalue weighted by molar-refractivity contribution is -0.150. The molecule has 0 heterocycles. The van der Waals surface area contributed by atoms with E-state index in [4.69, 9.17) is 0 Å². The number of hydrogen-bond donors (Lipinski definition) is 0. The minimum Gasteiger partial charge on any atom is -0.767 e. The molecule has 0 saturated carbocycles. The third kappa shape index (κ3) is 3.81. The van der Waals surface area contributed by atoms with E-state index in [0.29, 0.717) is 5.92 Å². The normalized spacial score (nSPS) is 14.8. The quantitative estimate of drug-likeness (QED) is 0.475. The van der Waals surface area contributed by atoms with Crippen molar-refractivity contribution in [2.75, 3.05) is 0 Å². The number of ether oxygens (including phenoxy) is 1. The Balaban J connectivity index is 2.79. The fourth-order valence-electron chi connectivity index (χ4n) is 1.33. The van der Waals surface area contributed by atoms with Gasteiger partial charge in [0.1, 0.15) is 5.75 Å². The molecule has 0 amide bonds. The zero-order chi connectivity index (χ0) is 14.6. The second-order valence-corrected chi connectivity index (χ2v) is 5.00. The Morgan fingerprint density at radius 3 is 2.37 bits per heavy atom. The summed E-state index contributed by atoms with van der Waals surface area (Å²) < 4.78 is 50.3. The Hall–Kier alpha value is -1.34. The van der Waals surface area contributed by atoms with E-state index >= 15 is 0 Å². The van der Waals surface area contributed by atoms with Gasteiger partial charge in [0.05, 0.1) is 0 Å². The lowest BCUT2D eigenvalue weighted by Crippen LogP contribution is -2.37. The molecule has 106 valence electrons. The van der Waals surface area contributed by atoms with Crippen LogP contribution in [0.25, 0.3) is 0 Å². The highest BCUT2D eigenvalue weighted by Crippen LogP contribution is 2.24. The molecule has 0 aliphatic carbocycles. The van der Waals surface area contributed by atoms with E-state index in [0.717, 1.165) is 12.0 Å². The van der Waals surface area contributed by atoms with E-state index in [1.807, 2.05) is 13.8 Å². The van der Waals surface area contributed by atoms with Crippen LogP contribution in [0.4, 0.5) is 8.78 Å². The second-order valence-electron chi connectivity index (χ2n) is 4.02. The van der Waals surface area contributed by atoms with E-state index in [9.17, 15) is 22.3 Å². The van der Waals surface area contributed by atoms with Crippen molar-refractivity contribution in [3.63, 3.8) is 0 Å². The standard InChI is InChI=1S/C12H14F2O4S/c1-3-8(2)9-4-6-10(7-5-9)18-11(15)12(13,14)19(16)17/h4-8H,3H2,1-2H3,(H,16,17)/p-1. The molecule has 0 aliphatic rings. The highest BCUT2D eigenvalue weighted by Gasteiger charge is 2.43. The first kappa shape index (κ1) is 15.7. The number of hydrogen-bond acceptors (Lipinski definition) is 4. The molecule has 1 rings (SSSR count). The average molecular weight is 291 g/mol. The molecule has 19 heavy (non-hydrogen) atoms. The summed E-state index contributed by atoms with van der Waals surface area (Å²) in [5.74, 6) is -1.94. The minimum atomic E-state index is -4.55. The van der Waals surface area contributed by atoms with Crippen molar-refractivity contribution in [1.82, 2.24) is 0 Å². The van der Waals surface area contributed by atoms with Gasteiger partial charge in [-0.05, 0) is 30.0 Å².